The number of aliphatic hydroxyl groups is 1. The Labute approximate surface area is 193 Å². The van der Waals surface area contributed by atoms with Gasteiger partial charge in [-0.25, -0.2) is 13.2 Å². The number of rotatable bonds is 10. The fourth-order valence-corrected chi connectivity index (χ4v) is 5.51. The lowest BCUT2D eigenvalue weighted by Gasteiger charge is -2.30. The molecule has 0 aromatic heterocycles. The van der Waals surface area contributed by atoms with Crippen LogP contribution < -0.4 is 10.6 Å². The molecule has 0 fully saturated rings. The van der Waals surface area contributed by atoms with Crippen LogP contribution in [0.1, 0.15) is 25.0 Å². The Morgan fingerprint density at radius 2 is 1.85 bits per heavy atom. The van der Waals surface area contributed by atoms with Crippen LogP contribution in [0.25, 0.3) is 0 Å². The second-order valence-electron chi connectivity index (χ2n) is 8.57. The minimum absolute atomic E-state index is 0.0244. The minimum atomic E-state index is -4.01. The SMILES string of the molecule is CC(C)CN(CC(O)C(Cc1ccccc1)NC(=O)O)S(=O)(=O)c1ccc2c(c1)CC(=O)N2. The van der Waals surface area contributed by atoms with Crippen LogP contribution in [-0.2, 0) is 27.7 Å². The van der Waals surface area contributed by atoms with Gasteiger partial charge in [0.1, 0.15) is 0 Å². The van der Waals surface area contributed by atoms with Crippen LogP contribution in [0.5, 0.6) is 0 Å². The van der Waals surface area contributed by atoms with Crippen molar-refractivity contribution in [3.05, 3.63) is 59.7 Å². The molecular weight excluding hydrogens is 446 g/mol. The number of benzene rings is 2. The number of nitrogens with one attached hydrogen (secondary N) is 2. The Kier molecular flexibility index (Phi) is 7.72. The van der Waals surface area contributed by atoms with E-state index in [9.17, 15) is 28.2 Å². The van der Waals surface area contributed by atoms with Gasteiger partial charge in [-0.1, -0.05) is 44.2 Å². The van der Waals surface area contributed by atoms with Gasteiger partial charge in [-0.2, -0.15) is 4.31 Å². The number of aliphatic hydroxyl groups excluding tert-OH is 1. The number of fused-ring (bicyclic) bond motifs is 1. The van der Waals surface area contributed by atoms with Crippen molar-refractivity contribution < 1.29 is 28.2 Å². The van der Waals surface area contributed by atoms with E-state index in [4.69, 9.17) is 0 Å². The maximum atomic E-state index is 13.5. The van der Waals surface area contributed by atoms with Crippen LogP contribution >= 0.6 is 0 Å². The highest BCUT2D eigenvalue weighted by atomic mass is 32.2. The molecule has 3 rings (SSSR count). The standard InChI is InChI=1S/C23H29N3O6S/c1-15(2)13-26(33(31,32)18-8-9-19-17(11-18)12-22(28)24-19)14-21(27)20(25-23(29)30)10-16-6-4-3-5-7-16/h3-9,11,15,20-21,25,27H,10,12-14H2,1-2H3,(H,24,28)(H,29,30). The van der Waals surface area contributed by atoms with Crippen LogP contribution in [-0.4, -0.2) is 60.2 Å². The van der Waals surface area contributed by atoms with Gasteiger partial charge in [0.05, 0.1) is 23.5 Å². The summed E-state index contributed by atoms with van der Waals surface area (Å²) >= 11 is 0. The first-order valence-corrected chi connectivity index (χ1v) is 12.1. The predicted molar refractivity (Wildman–Crippen MR) is 123 cm³/mol. The average molecular weight is 476 g/mol. The second kappa shape index (κ2) is 10.3. The molecule has 4 N–H and O–H groups in total. The predicted octanol–water partition coefficient (Wildman–Crippen LogP) is 2.07. The molecule has 9 nitrogen and oxygen atoms in total. The van der Waals surface area contributed by atoms with E-state index in [1.54, 1.807) is 6.07 Å². The molecule has 2 amide bonds. The number of carbonyl (C=O) groups is 2. The monoisotopic (exact) mass is 475 g/mol. The molecule has 0 saturated carbocycles. The van der Waals surface area contributed by atoms with E-state index < -0.39 is 28.3 Å². The summed E-state index contributed by atoms with van der Waals surface area (Å²) in [5, 5.41) is 25.2. The molecule has 0 saturated heterocycles. The molecule has 0 spiro atoms. The van der Waals surface area contributed by atoms with Crippen molar-refractivity contribution in [3.8, 4) is 0 Å². The van der Waals surface area contributed by atoms with E-state index in [2.05, 4.69) is 10.6 Å². The molecule has 0 aliphatic carbocycles. The third kappa shape index (κ3) is 6.31. The van der Waals surface area contributed by atoms with Crippen molar-refractivity contribution in [2.24, 2.45) is 5.92 Å². The van der Waals surface area contributed by atoms with Gasteiger partial charge in [0, 0.05) is 18.8 Å². The van der Waals surface area contributed by atoms with E-state index in [0.29, 0.717) is 11.3 Å². The summed E-state index contributed by atoms with van der Waals surface area (Å²) in [6.45, 7) is 3.57. The summed E-state index contributed by atoms with van der Waals surface area (Å²) in [6, 6.07) is 12.6. The van der Waals surface area contributed by atoms with Crippen LogP contribution in [0.15, 0.2) is 53.4 Å². The smallest absolute Gasteiger partial charge is 0.404 e. The summed E-state index contributed by atoms with van der Waals surface area (Å²) in [5.74, 6) is -0.234. The van der Waals surface area contributed by atoms with E-state index in [0.717, 1.165) is 5.56 Å². The van der Waals surface area contributed by atoms with E-state index in [1.807, 2.05) is 44.2 Å². The highest BCUT2D eigenvalue weighted by Gasteiger charge is 2.32. The first-order chi connectivity index (χ1) is 15.6. The molecular formula is C23H29N3O6S. The zero-order valence-electron chi connectivity index (χ0n) is 18.6. The highest BCUT2D eigenvalue weighted by molar-refractivity contribution is 7.89. The Bertz CT molecular complexity index is 1100. The van der Waals surface area contributed by atoms with Gasteiger partial charge in [0.25, 0.3) is 0 Å². The Morgan fingerprint density at radius 1 is 1.15 bits per heavy atom. The van der Waals surface area contributed by atoms with E-state index in [1.165, 1.54) is 16.4 Å². The molecule has 2 aromatic rings. The average Bonchev–Trinajstić information content (AvgIpc) is 3.12. The molecule has 10 heteroatoms. The Balaban J connectivity index is 1.85. The molecule has 2 atom stereocenters. The van der Waals surface area contributed by atoms with E-state index >= 15 is 0 Å². The molecule has 0 radical (unpaired) electrons. The zero-order chi connectivity index (χ0) is 24.2. The van der Waals surface area contributed by atoms with Gasteiger partial charge in [0.15, 0.2) is 0 Å². The van der Waals surface area contributed by atoms with Gasteiger partial charge < -0.3 is 20.8 Å². The number of amides is 2. The van der Waals surface area contributed by atoms with Gasteiger partial charge in [-0.15, -0.1) is 0 Å². The summed E-state index contributed by atoms with van der Waals surface area (Å²) in [4.78, 5) is 23.0. The lowest BCUT2D eigenvalue weighted by molar-refractivity contribution is -0.115. The largest absolute Gasteiger partial charge is 0.465 e. The minimum Gasteiger partial charge on any atom is -0.465 e. The zero-order valence-corrected chi connectivity index (χ0v) is 19.4. The number of hydrogen-bond donors (Lipinski definition) is 4. The van der Waals surface area contributed by atoms with Gasteiger partial charge >= 0.3 is 6.09 Å². The van der Waals surface area contributed by atoms with Gasteiger partial charge in [-0.05, 0) is 41.7 Å². The Hall–Kier alpha value is -2.95. The normalized spacial score (nSPS) is 15.2. The molecule has 0 bridgehead atoms. The molecule has 1 heterocycles. The third-order valence-corrected chi connectivity index (χ3v) is 7.20. The molecule has 178 valence electrons. The topological polar surface area (TPSA) is 136 Å². The van der Waals surface area contributed by atoms with Crippen molar-refractivity contribution in [1.82, 2.24) is 9.62 Å². The van der Waals surface area contributed by atoms with Crippen LogP contribution in [0.4, 0.5) is 10.5 Å². The number of carbonyl (C=O) groups excluding carboxylic acids is 1. The number of hydrogen-bond acceptors (Lipinski definition) is 5. The van der Waals surface area contributed by atoms with Crippen molar-refractivity contribution in [2.75, 3.05) is 18.4 Å². The maximum absolute atomic E-state index is 13.5. The quantitative estimate of drug-likeness (QED) is 0.415. The lowest BCUT2D eigenvalue weighted by atomic mass is 10.0. The van der Waals surface area contributed by atoms with Crippen molar-refractivity contribution in [2.45, 2.75) is 43.7 Å². The fourth-order valence-electron chi connectivity index (χ4n) is 3.84. The number of sulfonamides is 1. The van der Waals surface area contributed by atoms with E-state index in [-0.39, 0.29) is 42.7 Å². The molecule has 2 aromatic carbocycles. The van der Waals surface area contributed by atoms with Crippen molar-refractivity contribution in [3.63, 3.8) is 0 Å². The third-order valence-electron chi connectivity index (χ3n) is 5.37. The van der Waals surface area contributed by atoms with Crippen LogP contribution in [0.3, 0.4) is 0 Å². The van der Waals surface area contributed by atoms with Crippen molar-refractivity contribution >= 4 is 27.7 Å². The van der Waals surface area contributed by atoms with Gasteiger partial charge in [-0.3, -0.25) is 4.79 Å². The first-order valence-electron chi connectivity index (χ1n) is 10.7. The summed E-state index contributed by atoms with van der Waals surface area (Å²) < 4.78 is 28.1. The molecule has 33 heavy (non-hydrogen) atoms. The first kappa shape index (κ1) is 24.7. The van der Waals surface area contributed by atoms with Crippen LogP contribution in [0.2, 0.25) is 0 Å². The maximum Gasteiger partial charge on any atom is 0.404 e. The summed E-state index contributed by atoms with van der Waals surface area (Å²) in [7, 11) is -4.01. The summed E-state index contributed by atoms with van der Waals surface area (Å²) in [5.41, 5.74) is 1.99. The van der Waals surface area contributed by atoms with Crippen LogP contribution in [0, 0.1) is 5.92 Å². The number of carboxylic acid groups (broad SMARTS) is 1. The molecule has 1 aliphatic heterocycles. The van der Waals surface area contributed by atoms with Gasteiger partial charge in [0.2, 0.25) is 15.9 Å². The number of anilines is 1. The van der Waals surface area contributed by atoms with Crippen molar-refractivity contribution in [1.29, 1.82) is 0 Å². The Morgan fingerprint density at radius 3 is 2.48 bits per heavy atom. The lowest BCUT2D eigenvalue weighted by Crippen LogP contribution is -2.50. The number of nitrogens with zero attached hydrogens (tertiary/aromatic N) is 1. The fraction of sp³-hybridized carbons (Fsp3) is 0.391. The molecule has 2 unspecified atom stereocenters. The second-order valence-corrected chi connectivity index (χ2v) is 10.5. The highest BCUT2D eigenvalue weighted by Crippen LogP contribution is 2.28. The molecule has 1 aliphatic rings. The summed E-state index contributed by atoms with van der Waals surface area (Å²) in [6.07, 6.45) is -2.28.